The first kappa shape index (κ1) is 14.6. The van der Waals surface area contributed by atoms with Crippen molar-refractivity contribution in [1.29, 1.82) is 0 Å². The highest BCUT2D eigenvalue weighted by molar-refractivity contribution is 5.57. The van der Waals surface area contributed by atoms with Gasteiger partial charge in [0.05, 0.1) is 26.9 Å². The molecule has 0 aliphatic carbocycles. The van der Waals surface area contributed by atoms with Crippen LogP contribution in [0.5, 0.6) is 5.75 Å². The van der Waals surface area contributed by atoms with Crippen molar-refractivity contribution in [2.75, 3.05) is 40.0 Å². The van der Waals surface area contributed by atoms with E-state index in [0.29, 0.717) is 0 Å². The number of piperidine rings is 1. The second-order valence-corrected chi connectivity index (χ2v) is 5.59. The lowest BCUT2D eigenvalue weighted by atomic mass is 10.0. The van der Waals surface area contributed by atoms with Crippen LogP contribution < -0.4 is 4.74 Å². The van der Waals surface area contributed by atoms with Crippen molar-refractivity contribution < 1.29 is 14.2 Å². The summed E-state index contributed by atoms with van der Waals surface area (Å²) in [5.41, 5.74) is 1.11. The second kappa shape index (κ2) is 6.60. The molecular formula is C17H23NO3. The number of rotatable bonds is 4. The number of methoxy groups -OCH3 is 1. The summed E-state index contributed by atoms with van der Waals surface area (Å²) in [5.74, 6) is 0.572. The van der Waals surface area contributed by atoms with E-state index in [-0.39, 0.29) is 5.79 Å². The fourth-order valence-corrected chi connectivity index (χ4v) is 3.09. The third kappa shape index (κ3) is 3.46. The summed E-state index contributed by atoms with van der Waals surface area (Å²) < 4.78 is 17.0. The van der Waals surface area contributed by atoms with E-state index in [1.165, 1.54) is 0 Å². The van der Waals surface area contributed by atoms with E-state index in [1.54, 1.807) is 7.11 Å². The maximum absolute atomic E-state index is 5.80. The Morgan fingerprint density at radius 1 is 1.29 bits per heavy atom. The molecule has 4 nitrogen and oxygen atoms in total. The van der Waals surface area contributed by atoms with Gasteiger partial charge in [-0.1, -0.05) is 30.4 Å². The maximum atomic E-state index is 5.80. The number of hydrogen-bond donors (Lipinski definition) is 0. The van der Waals surface area contributed by atoms with Gasteiger partial charge >= 0.3 is 0 Å². The molecule has 2 saturated heterocycles. The molecule has 2 heterocycles. The molecule has 0 unspecified atom stereocenters. The molecule has 0 bridgehead atoms. The van der Waals surface area contributed by atoms with Crippen LogP contribution in [0.15, 0.2) is 30.3 Å². The summed E-state index contributed by atoms with van der Waals surface area (Å²) in [7, 11) is 1.70. The van der Waals surface area contributed by atoms with Crippen molar-refractivity contribution in [3.8, 4) is 5.75 Å². The highest BCUT2D eigenvalue weighted by atomic mass is 16.7. The zero-order chi connectivity index (χ0) is 14.5. The Hall–Kier alpha value is -1.36. The lowest BCUT2D eigenvalue weighted by Crippen LogP contribution is -2.48. The molecule has 2 fully saturated rings. The van der Waals surface area contributed by atoms with Gasteiger partial charge in [-0.05, 0) is 19.0 Å². The minimum Gasteiger partial charge on any atom is -0.496 e. The molecule has 3 rings (SSSR count). The van der Waals surface area contributed by atoms with Crippen molar-refractivity contribution in [3.63, 3.8) is 0 Å². The zero-order valence-electron chi connectivity index (χ0n) is 12.6. The summed E-state index contributed by atoms with van der Waals surface area (Å²) in [6.07, 6.45) is 6.45. The monoisotopic (exact) mass is 289 g/mol. The first-order valence-corrected chi connectivity index (χ1v) is 7.61. The summed E-state index contributed by atoms with van der Waals surface area (Å²) in [5, 5.41) is 0. The average Bonchev–Trinajstić information content (AvgIpc) is 2.95. The van der Waals surface area contributed by atoms with Crippen LogP contribution in [-0.4, -0.2) is 50.6 Å². The SMILES string of the molecule is COc1ccccc1/C=C/CN1CCCC2(C1)OCCO2. The highest BCUT2D eigenvalue weighted by Gasteiger charge is 2.40. The number of benzene rings is 1. The largest absolute Gasteiger partial charge is 0.496 e. The van der Waals surface area contributed by atoms with E-state index in [9.17, 15) is 0 Å². The number of likely N-dealkylation sites (tertiary alicyclic amines) is 1. The lowest BCUT2D eigenvalue weighted by Gasteiger charge is -2.38. The normalized spacial score (nSPS) is 22.1. The van der Waals surface area contributed by atoms with Gasteiger partial charge < -0.3 is 14.2 Å². The molecule has 0 aromatic heterocycles. The molecule has 0 radical (unpaired) electrons. The Labute approximate surface area is 126 Å². The first-order chi connectivity index (χ1) is 10.3. The van der Waals surface area contributed by atoms with Crippen molar-refractivity contribution in [3.05, 3.63) is 35.9 Å². The number of nitrogens with zero attached hydrogens (tertiary/aromatic N) is 1. The van der Waals surface area contributed by atoms with Crippen LogP contribution in [0.4, 0.5) is 0 Å². The summed E-state index contributed by atoms with van der Waals surface area (Å²) >= 11 is 0. The third-order valence-electron chi connectivity index (χ3n) is 4.11. The maximum Gasteiger partial charge on any atom is 0.181 e. The molecular weight excluding hydrogens is 266 g/mol. The molecule has 2 aliphatic rings. The van der Waals surface area contributed by atoms with Crippen molar-refractivity contribution in [1.82, 2.24) is 4.90 Å². The zero-order valence-corrected chi connectivity index (χ0v) is 12.6. The Morgan fingerprint density at radius 2 is 2.10 bits per heavy atom. The average molecular weight is 289 g/mol. The van der Waals surface area contributed by atoms with E-state index >= 15 is 0 Å². The van der Waals surface area contributed by atoms with E-state index in [1.807, 2.05) is 18.2 Å². The fourth-order valence-electron chi connectivity index (χ4n) is 3.09. The van der Waals surface area contributed by atoms with E-state index in [4.69, 9.17) is 14.2 Å². The van der Waals surface area contributed by atoms with Crippen LogP contribution in [0, 0.1) is 0 Å². The van der Waals surface area contributed by atoms with E-state index < -0.39 is 0 Å². The van der Waals surface area contributed by atoms with Crippen LogP contribution in [0.1, 0.15) is 18.4 Å². The molecule has 0 amide bonds. The Kier molecular flexibility index (Phi) is 4.58. The van der Waals surface area contributed by atoms with Crippen molar-refractivity contribution >= 4 is 6.08 Å². The highest BCUT2D eigenvalue weighted by Crippen LogP contribution is 2.30. The molecule has 0 saturated carbocycles. The topological polar surface area (TPSA) is 30.9 Å². The summed E-state index contributed by atoms with van der Waals surface area (Å²) in [6, 6.07) is 8.06. The predicted molar refractivity (Wildman–Crippen MR) is 82.3 cm³/mol. The van der Waals surface area contributed by atoms with Crippen LogP contribution in [0.25, 0.3) is 6.08 Å². The Bertz CT molecular complexity index is 495. The van der Waals surface area contributed by atoms with Crippen LogP contribution in [-0.2, 0) is 9.47 Å². The molecule has 2 aliphatic heterocycles. The van der Waals surface area contributed by atoms with Gasteiger partial charge in [0.1, 0.15) is 5.75 Å². The fraction of sp³-hybridized carbons (Fsp3) is 0.529. The Morgan fingerprint density at radius 3 is 2.90 bits per heavy atom. The van der Waals surface area contributed by atoms with Gasteiger partial charge in [-0.25, -0.2) is 0 Å². The molecule has 21 heavy (non-hydrogen) atoms. The van der Waals surface area contributed by atoms with Crippen LogP contribution in [0.2, 0.25) is 0 Å². The molecule has 1 aromatic rings. The standard InChI is InChI=1S/C17H23NO3/c1-19-16-8-3-2-6-15(16)7-4-10-18-11-5-9-17(14-18)20-12-13-21-17/h2-4,6-8H,5,9-14H2,1H3/b7-4+. The lowest BCUT2D eigenvalue weighted by molar-refractivity contribution is -0.188. The summed E-state index contributed by atoms with van der Waals surface area (Å²) in [6.45, 7) is 4.33. The Balaban J connectivity index is 1.58. The van der Waals surface area contributed by atoms with Crippen molar-refractivity contribution in [2.45, 2.75) is 18.6 Å². The van der Waals surface area contributed by atoms with Gasteiger partial charge in [-0.3, -0.25) is 4.90 Å². The van der Waals surface area contributed by atoms with Gasteiger partial charge in [0, 0.05) is 18.5 Å². The first-order valence-electron chi connectivity index (χ1n) is 7.61. The smallest absolute Gasteiger partial charge is 0.181 e. The van der Waals surface area contributed by atoms with Gasteiger partial charge in [0.25, 0.3) is 0 Å². The predicted octanol–water partition coefficient (Wildman–Crippen LogP) is 2.55. The molecule has 0 atom stereocenters. The van der Waals surface area contributed by atoms with Crippen LogP contribution in [0.3, 0.4) is 0 Å². The number of hydrogen-bond acceptors (Lipinski definition) is 4. The minimum atomic E-state index is -0.337. The van der Waals surface area contributed by atoms with Gasteiger partial charge in [0.2, 0.25) is 0 Å². The van der Waals surface area contributed by atoms with Gasteiger partial charge in [-0.2, -0.15) is 0 Å². The summed E-state index contributed by atoms with van der Waals surface area (Å²) in [4.78, 5) is 2.39. The minimum absolute atomic E-state index is 0.337. The quantitative estimate of drug-likeness (QED) is 0.852. The number of ether oxygens (including phenoxy) is 3. The second-order valence-electron chi connectivity index (χ2n) is 5.59. The van der Waals surface area contributed by atoms with Crippen LogP contribution >= 0.6 is 0 Å². The van der Waals surface area contributed by atoms with Gasteiger partial charge in [-0.15, -0.1) is 0 Å². The molecule has 1 aromatic carbocycles. The van der Waals surface area contributed by atoms with E-state index in [0.717, 1.165) is 57.0 Å². The molecule has 1 spiro atoms. The van der Waals surface area contributed by atoms with Gasteiger partial charge in [0.15, 0.2) is 5.79 Å². The van der Waals surface area contributed by atoms with E-state index in [2.05, 4.69) is 23.1 Å². The molecule has 4 heteroatoms. The number of para-hydroxylation sites is 1. The van der Waals surface area contributed by atoms with Crippen molar-refractivity contribution in [2.24, 2.45) is 0 Å². The molecule has 114 valence electrons. The third-order valence-corrected chi connectivity index (χ3v) is 4.11. The molecule has 0 N–H and O–H groups in total.